The zero-order chi connectivity index (χ0) is 19.6. The van der Waals surface area contributed by atoms with Crippen molar-refractivity contribution in [3.8, 4) is 5.75 Å². The molecule has 0 saturated heterocycles. The van der Waals surface area contributed by atoms with E-state index in [-0.39, 0.29) is 5.91 Å². The molecule has 0 bridgehead atoms. The predicted octanol–water partition coefficient (Wildman–Crippen LogP) is 5.12. The maximum atomic E-state index is 12.5. The van der Waals surface area contributed by atoms with Crippen LogP contribution in [0.4, 0.5) is 5.69 Å². The minimum absolute atomic E-state index is 0.196. The number of hydrogen-bond donors (Lipinski definition) is 1. The lowest BCUT2D eigenvalue weighted by atomic mass is 10.2. The van der Waals surface area contributed by atoms with Crippen LogP contribution in [0.25, 0.3) is 0 Å². The summed E-state index contributed by atoms with van der Waals surface area (Å²) in [6.45, 7) is 4.31. The van der Waals surface area contributed by atoms with E-state index in [2.05, 4.69) is 10.4 Å². The molecule has 1 heterocycles. The van der Waals surface area contributed by atoms with Gasteiger partial charge in [0, 0.05) is 5.56 Å². The second-order valence-electron chi connectivity index (χ2n) is 6.13. The van der Waals surface area contributed by atoms with Crippen molar-refractivity contribution in [2.24, 2.45) is 0 Å². The first kappa shape index (κ1) is 19.3. The van der Waals surface area contributed by atoms with Gasteiger partial charge in [0.2, 0.25) is 0 Å². The third-order valence-electron chi connectivity index (χ3n) is 4.29. The number of nitrogens with zero attached hydrogens (tertiary/aromatic N) is 2. The molecule has 3 rings (SSSR count). The van der Waals surface area contributed by atoms with Gasteiger partial charge in [0.05, 0.1) is 40.8 Å². The monoisotopic (exact) mass is 403 g/mol. The van der Waals surface area contributed by atoms with E-state index >= 15 is 0 Å². The van der Waals surface area contributed by atoms with Gasteiger partial charge in [-0.25, -0.2) is 0 Å². The van der Waals surface area contributed by atoms with Gasteiger partial charge in [0.1, 0.15) is 5.75 Å². The highest BCUT2D eigenvalue weighted by molar-refractivity contribution is 6.42. The number of carbonyl (C=O) groups is 1. The Balaban J connectivity index is 1.80. The Morgan fingerprint density at radius 3 is 2.44 bits per heavy atom. The Morgan fingerprint density at radius 1 is 1.11 bits per heavy atom. The third-order valence-corrected chi connectivity index (χ3v) is 5.03. The van der Waals surface area contributed by atoms with Crippen LogP contribution in [-0.2, 0) is 6.54 Å². The highest BCUT2D eigenvalue weighted by Gasteiger charge is 2.16. The van der Waals surface area contributed by atoms with Gasteiger partial charge in [-0.2, -0.15) is 5.10 Å². The average Bonchev–Trinajstić information content (AvgIpc) is 2.92. The zero-order valence-corrected chi connectivity index (χ0v) is 16.7. The molecule has 0 aliphatic carbocycles. The molecule has 1 N–H and O–H groups in total. The molecular weight excluding hydrogens is 385 g/mol. The van der Waals surface area contributed by atoms with Gasteiger partial charge in [-0.1, -0.05) is 29.3 Å². The Morgan fingerprint density at radius 2 is 1.81 bits per heavy atom. The molecule has 0 spiro atoms. The summed E-state index contributed by atoms with van der Waals surface area (Å²) >= 11 is 12.1. The number of hydrogen-bond acceptors (Lipinski definition) is 3. The fraction of sp³-hybridized carbons (Fsp3) is 0.200. The summed E-state index contributed by atoms with van der Waals surface area (Å²) in [4.78, 5) is 12.5. The first-order valence-corrected chi connectivity index (χ1v) is 9.08. The lowest BCUT2D eigenvalue weighted by molar-refractivity contribution is 0.102. The van der Waals surface area contributed by atoms with Crippen molar-refractivity contribution in [1.82, 2.24) is 9.78 Å². The molecule has 0 aliphatic rings. The fourth-order valence-corrected chi connectivity index (χ4v) is 3.09. The summed E-state index contributed by atoms with van der Waals surface area (Å²) in [6, 6.07) is 12.4. The quantitative estimate of drug-likeness (QED) is 0.643. The molecule has 7 heteroatoms. The van der Waals surface area contributed by atoms with E-state index in [0.717, 1.165) is 17.0 Å². The van der Waals surface area contributed by atoms with Crippen molar-refractivity contribution >= 4 is 34.8 Å². The number of rotatable bonds is 5. The molecule has 3 aromatic rings. The number of amides is 1. The van der Waals surface area contributed by atoms with Crippen molar-refractivity contribution in [2.75, 3.05) is 12.4 Å². The first-order valence-electron chi connectivity index (χ1n) is 8.32. The molecule has 0 saturated carbocycles. The highest BCUT2D eigenvalue weighted by Crippen LogP contribution is 2.25. The Labute approximate surface area is 167 Å². The molecule has 1 aromatic heterocycles. The van der Waals surface area contributed by atoms with Gasteiger partial charge >= 0.3 is 0 Å². The summed E-state index contributed by atoms with van der Waals surface area (Å²) in [6.07, 6.45) is 0. The van der Waals surface area contributed by atoms with Gasteiger partial charge in [-0.15, -0.1) is 0 Å². The number of aromatic nitrogens is 2. The number of nitrogens with one attached hydrogen (secondary N) is 1. The lowest BCUT2D eigenvalue weighted by Gasteiger charge is -2.08. The van der Waals surface area contributed by atoms with E-state index in [0.29, 0.717) is 33.6 Å². The van der Waals surface area contributed by atoms with Gasteiger partial charge in [-0.05, 0) is 55.8 Å². The summed E-state index contributed by atoms with van der Waals surface area (Å²) in [5.41, 5.74) is 3.83. The van der Waals surface area contributed by atoms with Gasteiger partial charge in [-0.3, -0.25) is 9.48 Å². The van der Waals surface area contributed by atoms with Crippen LogP contribution in [0.1, 0.15) is 27.3 Å². The van der Waals surface area contributed by atoms with Gasteiger partial charge in [0.25, 0.3) is 5.91 Å². The maximum absolute atomic E-state index is 12.5. The van der Waals surface area contributed by atoms with E-state index in [1.807, 2.05) is 30.7 Å². The van der Waals surface area contributed by atoms with Crippen LogP contribution in [0.3, 0.4) is 0 Å². The first-order chi connectivity index (χ1) is 12.9. The van der Waals surface area contributed by atoms with Crippen LogP contribution in [0.2, 0.25) is 10.0 Å². The number of methoxy groups -OCH3 is 1. The van der Waals surface area contributed by atoms with E-state index in [1.165, 1.54) is 0 Å². The number of carbonyl (C=O) groups excluding carboxylic acids is 1. The molecule has 5 nitrogen and oxygen atoms in total. The zero-order valence-electron chi connectivity index (χ0n) is 15.2. The number of aryl methyl sites for hydroxylation is 1. The van der Waals surface area contributed by atoms with Crippen LogP contribution < -0.4 is 10.1 Å². The molecule has 0 atom stereocenters. The van der Waals surface area contributed by atoms with Crippen molar-refractivity contribution in [1.29, 1.82) is 0 Å². The second-order valence-corrected chi connectivity index (χ2v) is 6.95. The van der Waals surface area contributed by atoms with E-state index < -0.39 is 0 Å². The normalized spacial score (nSPS) is 10.7. The number of anilines is 1. The molecule has 1 amide bonds. The Bertz CT molecular complexity index is 982. The van der Waals surface area contributed by atoms with E-state index in [1.54, 1.807) is 37.4 Å². The van der Waals surface area contributed by atoms with Crippen molar-refractivity contribution in [3.05, 3.63) is 75.0 Å². The van der Waals surface area contributed by atoms with Gasteiger partial charge < -0.3 is 10.1 Å². The molecule has 2 aromatic carbocycles. The Kier molecular flexibility index (Phi) is 5.73. The molecule has 0 radical (unpaired) electrons. The third kappa shape index (κ3) is 4.26. The van der Waals surface area contributed by atoms with Crippen LogP contribution in [-0.4, -0.2) is 22.8 Å². The second kappa shape index (κ2) is 8.03. The highest BCUT2D eigenvalue weighted by atomic mass is 35.5. The van der Waals surface area contributed by atoms with Crippen molar-refractivity contribution in [2.45, 2.75) is 20.4 Å². The smallest absolute Gasteiger partial charge is 0.255 e. The maximum Gasteiger partial charge on any atom is 0.255 e. The molecule has 0 aliphatic heterocycles. The molecule has 140 valence electrons. The minimum Gasteiger partial charge on any atom is -0.497 e. The lowest BCUT2D eigenvalue weighted by Crippen LogP contribution is -2.13. The van der Waals surface area contributed by atoms with Crippen LogP contribution >= 0.6 is 23.2 Å². The molecule has 0 fully saturated rings. The standard InChI is InChI=1S/C20H19Cl2N3O2/c1-12-19(23-20(26)15-5-7-16(27-3)8-6-15)13(2)25(24-12)11-14-4-9-17(21)18(22)10-14/h4-10H,11H2,1-3H3,(H,23,26). The molecular formula is C20H19Cl2N3O2. The van der Waals surface area contributed by atoms with E-state index in [9.17, 15) is 4.79 Å². The number of ether oxygens (including phenoxy) is 1. The minimum atomic E-state index is -0.196. The summed E-state index contributed by atoms with van der Waals surface area (Å²) < 4.78 is 6.95. The molecule has 27 heavy (non-hydrogen) atoms. The van der Waals surface area contributed by atoms with Crippen molar-refractivity contribution in [3.63, 3.8) is 0 Å². The van der Waals surface area contributed by atoms with Crippen molar-refractivity contribution < 1.29 is 9.53 Å². The summed E-state index contributed by atoms with van der Waals surface area (Å²) in [7, 11) is 1.59. The predicted molar refractivity (Wildman–Crippen MR) is 108 cm³/mol. The number of benzene rings is 2. The molecule has 0 unspecified atom stereocenters. The summed E-state index contributed by atoms with van der Waals surface area (Å²) in [5, 5.41) is 8.50. The SMILES string of the molecule is COc1ccc(C(=O)Nc2c(C)nn(Cc3ccc(Cl)c(Cl)c3)c2C)cc1. The summed E-state index contributed by atoms with van der Waals surface area (Å²) in [5.74, 6) is 0.506. The van der Waals surface area contributed by atoms with Gasteiger partial charge in [0.15, 0.2) is 0 Å². The topological polar surface area (TPSA) is 56.1 Å². The average molecular weight is 404 g/mol. The van der Waals surface area contributed by atoms with Crippen LogP contribution in [0.15, 0.2) is 42.5 Å². The fourth-order valence-electron chi connectivity index (χ4n) is 2.77. The van der Waals surface area contributed by atoms with Crippen LogP contribution in [0.5, 0.6) is 5.75 Å². The van der Waals surface area contributed by atoms with E-state index in [4.69, 9.17) is 27.9 Å². The largest absolute Gasteiger partial charge is 0.497 e. The van der Waals surface area contributed by atoms with Crippen LogP contribution in [0, 0.1) is 13.8 Å². The Hall–Kier alpha value is -2.50. The number of halogens is 2.